The number of Topliss-reactive ketones (excluding diaryl/α,β-unsaturated/α-hetero) is 1. The predicted octanol–water partition coefficient (Wildman–Crippen LogP) is 4.38. The second kappa shape index (κ2) is 6.69. The predicted molar refractivity (Wildman–Crippen MR) is 73.1 cm³/mol. The van der Waals surface area contributed by atoms with Crippen LogP contribution in [0.5, 0.6) is 5.75 Å². The summed E-state index contributed by atoms with van der Waals surface area (Å²) in [4.78, 5) is 11.1. The first-order valence-corrected chi connectivity index (χ1v) is 7.10. The molecule has 0 saturated heterocycles. The third kappa shape index (κ3) is 4.05. The molecule has 0 bridgehead atoms. The Hall–Kier alpha value is -1.38. The minimum atomic E-state index is -0.448. The number of carbonyl (C=O) groups is 1. The third-order valence-electron chi connectivity index (χ3n) is 3.85. The van der Waals surface area contributed by atoms with Gasteiger partial charge in [0.15, 0.2) is 17.3 Å². The van der Waals surface area contributed by atoms with Gasteiger partial charge in [0.2, 0.25) is 0 Å². The van der Waals surface area contributed by atoms with Gasteiger partial charge in [-0.15, -0.1) is 0 Å². The van der Waals surface area contributed by atoms with E-state index >= 15 is 0 Å². The Morgan fingerprint density at radius 3 is 2.68 bits per heavy atom. The second-order valence-electron chi connectivity index (χ2n) is 5.34. The van der Waals surface area contributed by atoms with Crippen molar-refractivity contribution in [2.45, 2.75) is 45.4 Å². The average molecular weight is 264 g/mol. The van der Waals surface area contributed by atoms with Crippen LogP contribution >= 0.6 is 0 Å². The lowest BCUT2D eigenvalue weighted by molar-refractivity contribution is 0.101. The highest BCUT2D eigenvalue weighted by Crippen LogP contribution is 2.27. The molecule has 0 N–H and O–H groups in total. The van der Waals surface area contributed by atoms with Gasteiger partial charge in [-0.25, -0.2) is 4.39 Å². The van der Waals surface area contributed by atoms with Gasteiger partial charge in [0.25, 0.3) is 0 Å². The Bertz CT molecular complexity index is 436. The van der Waals surface area contributed by atoms with Crippen LogP contribution in [-0.4, -0.2) is 12.4 Å². The van der Waals surface area contributed by atoms with Crippen molar-refractivity contribution < 1.29 is 13.9 Å². The maximum absolute atomic E-state index is 13.7. The van der Waals surface area contributed by atoms with Crippen molar-refractivity contribution in [3.8, 4) is 5.75 Å². The molecule has 0 aliphatic heterocycles. The van der Waals surface area contributed by atoms with E-state index in [2.05, 4.69) is 0 Å². The summed E-state index contributed by atoms with van der Waals surface area (Å²) in [7, 11) is 0. The van der Waals surface area contributed by atoms with Crippen molar-refractivity contribution in [2.24, 2.45) is 5.92 Å². The highest BCUT2D eigenvalue weighted by Gasteiger charge is 2.14. The number of ketones is 1. The quantitative estimate of drug-likeness (QED) is 0.738. The number of hydrogen-bond donors (Lipinski definition) is 0. The molecule has 0 amide bonds. The monoisotopic (exact) mass is 264 g/mol. The Morgan fingerprint density at radius 2 is 2.05 bits per heavy atom. The van der Waals surface area contributed by atoms with Crippen molar-refractivity contribution in [2.75, 3.05) is 6.61 Å². The van der Waals surface area contributed by atoms with Crippen LogP contribution in [0.4, 0.5) is 4.39 Å². The number of benzene rings is 1. The molecule has 1 aromatic carbocycles. The van der Waals surface area contributed by atoms with Gasteiger partial charge >= 0.3 is 0 Å². The average Bonchev–Trinajstić information content (AvgIpc) is 2.41. The fraction of sp³-hybridized carbons (Fsp3) is 0.562. The Balaban J connectivity index is 1.83. The number of rotatable bonds is 5. The summed E-state index contributed by atoms with van der Waals surface area (Å²) in [5, 5.41) is 0. The molecule has 2 nitrogen and oxygen atoms in total. The van der Waals surface area contributed by atoms with Crippen molar-refractivity contribution in [3.63, 3.8) is 0 Å². The highest BCUT2D eigenvalue weighted by atomic mass is 19.1. The van der Waals surface area contributed by atoms with Crippen LogP contribution in [0, 0.1) is 11.7 Å². The normalized spacial score (nSPS) is 16.3. The minimum absolute atomic E-state index is 0.132. The molecule has 3 heteroatoms. The summed E-state index contributed by atoms with van der Waals surface area (Å²) in [6.07, 6.45) is 7.51. The van der Waals surface area contributed by atoms with Crippen LogP contribution in [0.1, 0.15) is 55.8 Å². The molecule has 0 aromatic heterocycles. The molecule has 0 radical (unpaired) electrons. The zero-order chi connectivity index (χ0) is 13.7. The molecular weight excluding hydrogens is 243 g/mol. The van der Waals surface area contributed by atoms with Gasteiger partial charge in [-0.3, -0.25) is 4.79 Å². The number of hydrogen-bond acceptors (Lipinski definition) is 2. The lowest BCUT2D eigenvalue weighted by Crippen LogP contribution is -2.11. The zero-order valence-corrected chi connectivity index (χ0v) is 11.5. The third-order valence-corrected chi connectivity index (χ3v) is 3.85. The van der Waals surface area contributed by atoms with Crippen LogP contribution in [0.2, 0.25) is 0 Å². The molecule has 104 valence electrons. The van der Waals surface area contributed by atoms with Crippen molar-refractivity contribution in [3.05, 3.63) is 29.6 Å². The van der Waals surface area contributed by atoms with E-state index < -0.39 is 5.82 Å². The van der Waals surface area contributed by atoms with E-state index in [9.17, 15) is 9.18 Å². The Morgan fingerprint density at radius 1 is 1.32 bits per heavy atom. The lowest BCUT2D eigenvalue weighted by atomic mass is 9.87. The molecule has 1 aliphatic rings. The van der Waals surface area contributed by atoms with Crippen LogP contribution < -0.4 is 4.74 Å². The van der Waals surface area contributed by atoms with Gasteiger partial charge in [0, 0.05) is 5.56 Å². The standard InChI is InChI=1S/C16H21FO2/c1-12(18)14-7-8-16(15(17)11-14)19-10-9-13-5-3-2-4-6-13/h7-8,11,13H,2-6,9-10H2,1H3. The first-order chi connectivity index (χ1) is 9.16. The first kappa shape index (κ1) is 14.0. The van der Waals surface area contributed by atoms with E-state index in [1.54, 1.807) is 12.1 Å². The zero-order valence-electron chi connectivity index (χ0n) is 11.5. The molecule has 2 rings (SSSR count). The Kier molecular flexibility index (Phi) is 4.94. The number of carbonyl (C=O) groups excluding carboxylic acids is 1. The summed E-state index contributed by atoms with van der Waals surface area (Å²) in [6.45, 7) is 1.99. The molecule has 19 heavy (non-hydrogen) atoms. The lowest BCUT2D eigenvalue weighted by Gasteiger charge is -2.21. The van der Waals surface area contributed by atoms with Crippen LogP contribution in [-0.2, 0) is 0 Å². The second-order valence-corrected chi connectivity index (χ2v) is 5.34. The molecule has 1 aliphatic carbocycles. The summed E-state index contributed by atoms with van der Waals surface area (Å²) in [5.74, 6) is 0.401. The van der Waals surface area contributed by atoms with E-state index in [1.807, 2.05) is 0 Å². The van der Waals surface area contributed by atoms with Gasteiger partial charge in [0.05, 0.1) is 6.61 Å². The SMILES string of the molecule is CC(=O)c1ccc(OCCC2CCCCC2)c(F)c1. The fourth-order valence-electron chi connectivity index (χ4n) is 2.65. The van der Waals surface area contributed by atoms with Crippen LogP contribution in [0.15, 0.2) is 18.2 Å². The van der Waals surface area contributed by atoms with Crippen LogP contribution in [0.25, 0.3) is 0 Å². The van der Waals surface area contributed by atoms with Crippen molar-refractivity contribution >= 4 is 5.78 Å². The van der Waals surface area contributed by atoms with Gasteiger partial charge < -0.3 is 4.74 Å². The van der Waals surface area contributed by atoms with E-state index in [1.165, 1.54) is 45.1 Å². The van der Waals surface area contributed by atoms with E-state index in [0.29, 0.717) is 12.2 Å². The van der Waals surface area contributed by atoms with Gasteiger partial charge in [-0.05, 0) is 37.5 Å². The molecule has 0 spiro atoms. The van der Waals surface area contributed by atoms with Crippen LogP contribution in [0.3, 0.4) is 0 Å². The smallest absolute Gasteiger partial charge is 0.165 e. The Labute approximate surface area is 114 Å². The molecule has 0 unspecified atom stereocenters. The molecule has 1 aromatic rings. The number of halogens is 1. The molecule has 1 fully saturated rings. The first-order valence-electron chi connectivity index (χ1n) is 7.10. The maximum Gasteiger partial charge on any atom is 0.165 e. The van der Waals surface area contributed by atoms with Crippen molar-refractivity contribution in [1.29, 1.82) is 0 Å². The maximum atomic E-state index is 13.7. The summed E-state index contributed by atoms with van der Waals surface area (Å²) in [5.41, 5.74) is 0.386. The minimum Gasteiger partial charge on any atom is -0.491 e. The fourth-order valence-corrected chi connectivity index (χ4v) is 2.65. The molecule has 0 atom stereocenters. The summed E-state index contributed by atoms with van der Waals surface area (Å²) >= 11 is 0. The molecular formula is C16H21FO2. The van der Waals surface area contributed by atoms with Gasteiger partial charge in [0.1, 0.15) is 0 Å². The van der Waals surface area contributed by atoms with E-state index in [0.717, 1.165) is 12.3 Å². The largest absolute Gasteiger partial charge is 0.491 e. The highest BCUT2D eigenvalue weighted by molar-refractivity contribution is 5.94. The topological polar surface area (TPSA) is 26.3 Å². The summed E-state index contributed by atoms with van der Waals surface area (Å²) < 4.78 is 19.2. The van der Waals surface area contributed by atoms with E-state index in [4.69, 9.17) is 4.74 Å². The summed E-state index contributed by atoms with van der Waals surface area (Å²) in [6, 6.07) is 4.41. The van der Waals surface area contributed by atoms with Crippen molar-refractivity contribution in [1.82, 2.24) is 0 Å². The number of ether oxygens (including phenoxy) is 1. The molecule has 0 heterocycles. The molecule has 1 saturated carbocycles. The van der Waals surface area contributed by atoms with Gasteiger partial charge in [-0.1, -0.05) is 32.1 Å². The van der Waals surface area contributed by atoms with E-state index in [-0.39, 0.29) is 11.5 Å². The van der Waals surface area contributed by atoms with Gasteiger partial charge in [-0.2, -0.15) is 0 Å².